The predicted molar refractivity (Wildman–Crippen MR) is 74.3 cm³/mol. The Kier molecular flexibility index (Phi) is 4.16. The maximum Gasteiger partial charge on any atom is 0.0445 e. The number of rotatable bonds is 5. The molecule has 2 aromatic rings. The lowest BCUT2D eigenvalue weighted by Crippen LogP contribution is -2.21. The molecule has 0 radical (unpaired) electrons. The number of hydrogen-bond donors (Lipinski definition) is 0. The Morgan fingerprint density at radius 3 is 2.50 bits per heavy atom. The zero-order chi connectivity index (χ0) is 11.4. The number of thiophene rings is 2. The van der Waals surface area contributed by atoms with Crippen LogP contribution in [0, 0.1) is 0 Å². The maximum absolute atomic E-state index is 2.45. The first-order chi connectivity index (χ1) is 7.83. The smallest absolute Gasteiger partial charge is 0.0445 e. The summed E-state index contributed by atoms with van der Waals surface area (Å²) in [5.41, 5.74) is 0. The summed E-state index contributed by atoms with van der Waals surface area (Å²) < 4.78 is 0. The summed E-state index contributed by atoms with van der Waals surface area (Å²) >= 11 is 3.73. The fraction of sp³-hybridized carbons (Fsp3) is 0.385. The molecule has 86 valence electrons. The van der Waals surface area contributed by atoms with Crippen molar-refractivity contribution in [2.24, 2.45) is 0 Å². The van der Waals surface area contributed by atoms with E-state index in [0.29, 0.717) is 0 Å². The third kappa shape index (κ3) is 2.73. The van der Waals surface area contributed by atoms with Gasteiger partial charge in [-0.15, -0.1) is 22.7 Å². The maximum atomic E-state index is 2.45. The monoisotopic (exact) mass is 251 g/mol. The van der Waals surface area contributed by atoms with E-state index in [9.17, 15) is 0 Å². The van der Waals surface area contributed by atoms with E-state index in [-0.39, 0.29) is 0 Å². The van der Waals surface area contributed by atoms with Gasteiger partial charge >= 0.3 is 0 Å². The average Bonchev–Trinajstić information content (AvgIpc) is 2.96. The van der Waals surface area contributed by atoms with Gasteiger partial charge in [0.2, 0.25) is 0 Å². The van der Waals surface area contributed by atoms with Crippen LogP contribution in [0.25, 0.3) is 9.75 Å². The third-order valence-corrected chi connectivity index (χ3v) is 4.84. The molecule has 2 heterocycles. The van der Waals surface area contributed by atoms with Crippen molar-refractivity contribution in [1.82, 2.24) is 4.90 Å². The molecule has 0 aliphatic rings. The molecule has 0 saturated heterocycles. The molecule has 0 unspecified atom stereocenters. The van der Waals surface area contributed by atoms with Gasteiger partial charge in [-0.3, -0.25) is 4.90 Å². The van der Waals surface area contributed by atoms with E-state index in [1.807, 2.05) is 22.7 Å². The number of hydrogen-bond acceptors (Lipinski definition) is 3. The highest BCUT2D eigenvalue weighted by molar-refractivity contribution is 7.21. The van der Waals surface area contributed by atoms with Crippen LogP contribution in [0.4, 0.5) is 0 Å². The van der Waals surface area contributed by atoms with Gasteiger partial charge in [-0.1, -0.05) is 19.9 Å². The van der Waals surface area contributed by atoms with E-state index < -0.39 is 0 Å². The zero-order valence-corrected chi connectivity index (χ0v) is 11.4. The van der Waals surface area contributed by atoms with Crippen molar-refractivity contribution < 1.29 is 0 Å². The van der Waals surface area contributed by atoms with Crippen molar-refractivity contribution in [3.63, 3.8) is 0 Å². The highest BCUT2D eigenvalue weighted by Gasteiger charge is 2.06. The summed E-state index contributed by atoms with van der Waals surface area (Å²) in [7, 11) is 0. The lowest BCUT2D eigenvalue weighted by molar-refractivity contribution is 0.298. The van der Waals surface area contributed by atoms with Gasteiger partial charge in [0.25, 0.3) is 0 Å². The first-order valence-electron chi connectivity index (χ1n) is 5.68. The fourth-order valence-electron chi connectivity index (χ4n) is 1.68. The quantitative estimate of drug-likeness (QED) is 0.765. The minimum absolute atomic E-state index is 1.09. The van der Waals surface area contributed by atoms with Gasteiger partial charge < -0.3 is 0 Å². The van der Waals surface area contributed by atoms with Crippen molar-refractivity contribution in [2.75, 3.05) is 13.1 Å². The first-order valence-corrected chi connectivity index (χ1v) is 7.38. The average molecular weight is 251 g/mol. The standard InChI is InChI=1S/C13H17NS2/c1-3-14(4-2)10-11-7-8-13(16-11)12-6-5-9-15-12/h5-9H,3-4,10H2,1-2H3. The van der Waals surface area contributed by atoms with Gasteiger partial charge in [0, 0.05) is 21.2 Å². The molecular formula is C13H17NS2. The largest absolute Gasteiger partial charge is 0.299 e. The Hall–Kier alpha value is -0.640. The van der Waals surface area contributed by atoms with Crippen LogP contribution in [0.3, 0.4) is 0 Å². The molecule has 0 saturated carbocycles. The minimum atomic E-state index is 1.09. The van der Waals surface area contributed by atoms with Crippen LogP contribution < -0.4 is 0 Å². The van der Waals surface area contributed by atoms with E-state index >= 15 is 0 Å². The summed E-state index contributed by atoms with van der Waals surface area (Å²) in [4.78, 5) is 6.70. The molecule has 0 aromatic carbocycles. The van der Waals surface area contributed by atoms with Gasteiger partial charge in [0.05, 0.1) is 0 Å². The van der Waals surface area contributed by atoms with Crippen LogP contribution in [0.5, 0.6) is 0 Å². The summed E-state index contributed by atoms with van der Waals surface area (Å²) in [6.45, 7) is 7.78. The van der Waals surface area contributed by atoms with Crippen LogP contribution in [0.15, 0.2) is 29.6 Å². The van der Waals surface area contributed by atoms with Gasteiger partial charge in [-0.25, -0.2) is 0 Å². The topological polar surface area (TPSA) is 3.24 Å². The molecule has 0 spiro atoms. The third-order valence-electron chi connectivity index (χ3n) is 2.70. The molecule has 0 N–H and O–H groups in total. The summed E-state index contributed by atoms with van der Waals surface area (Å²) in [6.07, 6.45) is 0. The van der Waals surface area contributed by atoms with Gasteiger partial charge in [0.1, 0.15) is 0 Å². The molecule has 0 amide bonds. The van der Waals surface area contributed by atoms with E-state index in [1.54, 1.807) is 0 Å². The summed E-state index contributed by atoms with van der Waals surface area (Å²) in [5, 5.41) is 2.14. The van der Waals surface area contributed by atoms with Crippen molar-refractivity contribution in [3.8, 4) is 9.75 Å². The second-order valence-electron chi connectivity index (χ2n) is 3.70. The predicted octanol–water partition coefficient (Wildman–Crippen LogP) is 4.32. The van der Waals surface area contributed by atoms with Crippen LogP contribution in [0.2, 0.25) is 0 Å². The van der Waals surface area contributed by atoms with Gasteiger partial charge in [-0.2, -0.15) is 0 Å². The van der Waals surface area contributed by atoms with E-state index in [0.717, 1.165) is 19.6 Å². The first kappa shape index (κ1) is 11.8. The van der Waals surface area contributed by atoms with E-state index in [2.05, 4.69) is 48.4 Å². The molecule has 1 nitrogen and oxygen atoms in total. The van der Waals surface area contributed by atoms with Crippen LogP contribution in [-0.4, -0.2) is 18.0 Å². The molecule has 0 fully saturated rings. The Morgan fingerprint density at radius 1 is 1.06 bits per heavy atom. The summed E-state index contributed by atoms with van der Waals surface area (Å²) in [6, 6.07) is 8.81. The molecular weight excluding hydrogens is 234 g/mol. The Bertz CT molecular complexity index is 413. The van der Waals surface area contributed by atoms with Crippen molar-refractivity contribution in [1.29, 1.82) is 0 Å². The highest BCUT2D eigenvalue weighted by atomic mass is 32.1. The SMILES string of the molecule is CCN(CC)Cc1ccc(-c2cccs2)s1. The molecule has 0 bridgehead atoms. The van der Waals surface area contributed by atoms with Gasteiger partial charge in [-0.05, 0) is 36.7 Å². The lowest BCUT2D eigenvalue weighted by atomic mass is 10.3. The van der Waals surface area contributed by atoms with Crippen molar-refractivity contribution >= 4 is 22.7 Å². The Balaban J connectivity index is 2.08. The zero-order valence-electron chi connectivity index (χ0n) is 9.77. The van der Waals surface area contributed by atoms with Crippen LogP contribution >= 0.6 is 22.7 Å². The van der Waals surface area contributed by atoms with E-state index in [1.165, 1.54) is 14.6 Å². The fourth-order valence-corrected chi connectivity index (χ4v) is 3.57. The second kappa shape index (κ2) is 5.62. The highest BCUT2D eigenvalue weighted by Crippen LogP contribution is 2.31. The van der Waals surface area contributed by atoms with Crippen LogP contribution in [-0.2, 0) is 6.54 Å². The van der Waals surface area contributed by atoms with Gasteiger partial charge in [0.15, 0.2) is 0 Å². The molecule has 3 heteroatoms. The molecule has 0 atom stereocenters. The Labute approximate surface area is 105 Å². The molecule has 2 aromatic heterocycles. The second-order valence-corrected chi connectivity index (χ2v) is 5.82. The minimum Gasteiger partial charge on any atom is -0.299 e. The molecule has 0 aliphatic heterocycles. The molecule has 2 rings (SSSR count). The number of nitrogens with zero attached hydrogens (tertiary/aromatic N) is 1. The molecule has 0 aliphatic carbocycles. The normalized spacial score (nSPS) is 11.2. The lowest BCUT2D eigenvalue weighted by Gasteiger charge is -2.16. The van der Waals surface area contributed by atoms with Crippen LogP contribution in [0.1, 0.15) is 18.7 Å². The Morgan fingerprint density at radius 2 is 1.88 bits per heavy atom. The van der Waals surface area contributed by atoms with Crippen molar-refractivity contribution in [2.45, 2.75) is 20.4 Å². The van der Waals surface area contributed by atoms with Crippen molar-refractivity contribution in [3.05, 3.63) is 34.5 Å². The van der Waals surface area contributed by atoms with E-state index in [4.69, 9.17) is 0 Å². The summed E-state index contributed by atoms with van der Waals surface area (Å²) in [5.74, 6) is 0. The molecule has 16 heavy (non-hydrogen) atoms.